The van der Waals surface area contributed by atoms with Gasteiger partial charge in [-0.2, -0.15) is 0 Å². The molecule has 1 aliphatic rings. The molecule has 0 saturated heterocycles. The first-order valence-corrected chi connectivity index (χ1v) is 14.3. The minimum absolute atomic E-state index is 0.109. The summed E-state index contributed by atoms with van der Waals surface area (Å²) in [7, 11) is 1.52. The summed E-state index contributed by atoms with van der Waals surface area (Å²) in [6, 6.07) is 19.5. The summed E-state index contributed by atoms with van der Waals surface area (Å²) < 4.78 is 17.9. The van der Waals surface area contributed by atoms with Crippen molar-refractivity contribution in [3.05, 3.63) is 92.1 Å². The molecule has 0 atom stereocenters. The molecule has 0 unspecified atom stereocenters. The number of hydrogen-bond donors (Lipinski definition) is 2. The third kappa shape index (κ3) is 5.84. The normalized spacial score (nSPS) is 13.4. The SMILES string of the molecule is COc1cc(OC(=O)c2ccccc2C)ccc1-c1ccc2c(c1COC(=O)c1ccc(Br)s1)NC(=O)C(C)(C)N2. The molecule has 4 aromatic rings. The third-order valence-corrected chi connectivity index (χ3v) is 8.33. The van der Waals surface area contributed by atoms with Crippen molar-refractivity contribution in [3.8, 4) is 22.6 Å². The number of ether oxygens (including phenoxy) is 3. The zero-order valence-corrected chi connectivity index (χ0v) is 25.2. The number of halogens is 1. The number of amides is 1. The molecule has 0 aliphatic carbocycles. The summed E-state index contributed by atoms with van der Waals surface area (Å²) >= 11 is 4.64. The van der Waals surface area contributed by atoms with E-state index < -0.39 is 17.5 Å². The Morgan fingerprint density at radius 1 is 0.976 bits per heavy atom. The molecule has 0 saturated carbocycles. The fourth-order valence-corrected chi connectivity index (χ4v) is 5.79. The van der Waals surface area contributed by atoms with E-state index in [9.17, 15) is 14.4 Å². The average molecular weight is 636 g/mol. The van der Waals surface area contributed by atoms with Crippen LogP contribution in [0.3, 0.4) is 0 Å². The number of rotatable bonds is 7. The highest BCUT2D eigenvalue weighted by Crippen LogP contribution is 2.43. The number of carbonyl (C=O) groups is 3. The van der Waals surface area contributed by atoms with E-state index in [4.69, 9.17) is 14.2 Å². The average Bonchev–Trinajstić information content (AvgIpc) is 3.38. The van der Waals surface area contributed by atoms with Crippen LogP contribution in [0.2, 0.25) is 0 Å². The van der Waals surface area contributed by atoms with Gasteiger partial charge in [0.15, 0.2) is 0 Å². The van der Waals surface area contributed by atoms with Crippen LogP contribution in [0.1, 0.15) is 45.0 Å². The summed E-state index contributed by atoms with van der Waals surface area (Å²) in [5.74, 6) is -0.432. The van der Waals surface area contributed by atoms with Crippen molar-refractivity contribution < 1.29 is 28.6 Å². The molecule has 0 radical (unpaired) electrons. The molecule has 2 heterocycles. The van der Waals surface area contributed by atoms with Gasteiger partial charge in [0, 0.05) is 17.2 Å². The van der Waals surface area contributed by atoms with E-state index in [1.165, 1.54) is 18.4 Å². The second kappa shape index (κ2) is 11.4. The summed E-state index contributed by atoms with van der Waals surface area (Å²) in [6.45, 7) is 5.31. The van der Waals surface area contributed by atoms with Crippen molar-refractivity contribution in [3.63, 3.8) is 0 Å². The number of hydrogen-bond acceptors (Lipinski definition) is 8. The topological polar surface area (TPSA) is 103 Å². The van der Waals surface area contributed by atoms with Crippen LogP contribution in [-0.2, 0) is 16.1 Å². The van der Waals surface area contributed by atoms with Gasteiger partial charge in [0.25, 0.3) is 0 Å². The maximum absolute atomic E-state index is 12.9. The molecule has 0 spiro atoms. The van der Waals surface area contributed by atoms with Gasteiger partial charge in [-0.3, -0.25) is 4.79 Å². The molecule has 5 rings (SSSR count). The standard InChI is InChI=1S/C31H27BrN2O6S/c1-17-7-5-6-8-19(17)28(35)40-18-9-10-21(24(15-18)38-4)20-11-12-23-27(33-30(37)31(2,3)34-23)22(20)16-39-29(36)25-13-14-26(32)41-25/h5-15,34H,16H2,1-4H3,(H,33,37). The van der Waals surface area contributed by atoms with Crippen molar-refractivity contribution in [2.75, 3.05) is 17.7 Å². The molecular formula is C31H27BrN2O6S. The molecule has 10 heteroatoms. The minimum atomic E-state index is -0.827. The van der Waals surface area contributed by atoms with Crippen LogP contribution < -0.4 is 20.1 Å². The molecule has 1 aliphatic heterocycles. The monoisotopic (exact) mass is 634 g/mol. The molecule has 0 fully saturated rings. The van der Waals surface area contributed by atoms with Gasteiger partial charge in [-0.25, -0.2) is 9.59 Å². The van der Waals surface area contributed by atoms with E-state index in [0.717, 1.165) is 9.35 Å². The van der Waals surface area contributed by atoms with Gasteiger partial charge in [-0.15, -0.1) is 11.3 Å². The van der Waals surface area contributed by atoms with E-state index in [0.29, 0.717) is 50.0 Å². The molecular weight excluding hydrogens is 608 g/mol. The Labute approximate surface area is 249 Å². The molecule has 3 aromatic carbocycles. The minimum Gasteiger partial charge on any atom is -0.496 e. The first-order chi connectivity index (χ1) is 19.6. The second-order valence-electron chi connectivity index (χ2n) is 9.96. The predicted molar refractivity (Wildman–Crippen MR) is 162 cm³/mol. The zero-order chi connectivity index (χ0) is 29.3. The Bertz CT molecular complexity index is 1680. The van der Waals surface area contributed by atoms with Crippen molar-refractivity contribution in [1.29, 1.82) is 0 Å². The van der Waals surface area contributed by atoms with Gasteiger partial charge in [0.1, 0.15) is 28.5 Å². The lowest BCUT2D eigenvalue weighted by atomic mass is 9.92. The number of aryl methyl sites for hydroxylation is 1. The lowest BCUT2D eigenvalue weighted by molar-refractivity contribution is -0.119. The quantitative estimate of drug-likeness (QED) is 0.163. The Balaban J connectivity index is 1.52. The maximum Gasteiger partial charge on any atom is 0.348 e. The maximum atomic E-state index is 12.9. The largest absolute Gasteiger partial charge is 0.496 e. The Morgan fingerprint density at radius 3 is 2.44 bits per heavy atom. The van der Waals surface area contributed by atoms with E-state index in [1.807, 2.05) is 31.2 Å². The lowest BCUT2D eigenvalue weighted by Gasteiger charge is -2.34. The van der Waals surface area contributed by atoms with Crippen LogP contribution in [0, 0.1) is 6.92 Å². The Hall–Kier alpha value is -4.15. The van der Waals surface area contributed by atoms with Gasteiger partial charge in [0.05, 0.1) is 27.8 Å². The Morgan fingerprint density at radius 2 is 1.73 bits per heavy atom. The number of fused-ring (bicyclic) bond motifs is 1. The van der Waals surface area contributed by atoms with Crippen molar-refractivity contribution in [2.24, 2.45) is 0 Å². The van der Waals surface area contributed by atoms with Crippen LogP contribution in [0.5, 0.6) is 11.5 Å². The number of esters is 2. The molecule has 8 nitrogen and oxygen atoms in total. The fourth-order valence-electron chi connectivity index (χ4n) is 4.51. The van der Waals surface area contributed by atoms with Crippen LogP contribution >= 0.6 is 27.3 Å². The smallest absolute Gasteiger partial charge is 0.348 e. The van der Waals surface area contributed by atoms with E-state index >= 15 is 0 Å². The van der Waals surface area contributed by atoms with Crippen molar-refractivity contribution >= 4 is 56.5 Å². The highest BCUT2D eigenvalue weighted by atomic mass is 79.9. The number of carbonyl (C=O) groups excluding carboxylic acids is 3. The van der Waals surface area contributed by atoms with E-state index in [1.54, 1.807) is 56.3 Å². The van der Waals surface area contributed by atoms with E-state index in [2.05, 4.69) is 26.6 Å². The molecule has 0 bridgehead atoms. The number of methoxy groups -OCH3 is 1. The molecule has 41 heavy (non-hydrogen) atoms. The van der Waals surface area contributed by atoms with Crippen molar-refractivity contribution in [2.45, 2.75) is 32.9 Å². The summed E-state index contributed by atoms with van der Waals surface area (Å²) in [6.07, 6.45) is 0. The van der Waals surface area contributed by atoms with Gasteiger partial charge in [-0.05, 0) is 84.2 Å². The van der Waals surface area contributed by atoms with Gasteiger partial charge in [-0.1, -0.05) is 24.3 Å². The highest BCUT2D eigenvalue weighted by molar-refractivity contribution is 9.11. The molecule has 1 amide bonds. The molecule has 1 aromatic heterocycles. The number of benzene rings is 3. The Kier molecular flexibility index (Phi) is 7.88. The molecule has 210 valence electrons. The number of nitrogens with one attached hydrogen (secondary N) is 2. The zero-order valence-electron chi connectivity index (χ0n) is 22.8. The first kappa shape index (κ1) is 28.4. The van der Waals surface area contributed by atoms with Crippen LogP contribution in [0.15, 0.2) is 70.5 Å². The van der Waals surface area contributed by atoms with Gasteiger partial charge < -0.3 is 24.8 Å². The van der Waals surface area contributed by atoms with Gasteiger partial charge in [0.2, 0.25) is 5.91 Å². The summed E-state index contributed by atoms with van der Waals surface area (Å²) in [5, 5.41) is 6.25. The van der Waals surface area contributed by atoms with Crippen LogP contribution in [-0.4, -0.2) is 30.5 Å². The number of thiophene rings is 1. The first-order valence-electron chi connectivity index (χ1n) is 12.7. The lowest BCUT2D eigenvalue weighted by Crippen LogP contribution is -2.47. The third-order valence-electron chi connectivity index (χ3n) is 6.73. The van der Waals surface area contributed by atoms with Gasteiger partial charge >= 0.3 is 11.9 Å². The summed E-state index contributed by atoms with van der Waals surface area (Å²) in [5.41, 5.74) is 3.60. The van der Waals surface area contributed by atoms with Crippen LogP contribution in [0.25, 0.3) is 11.1 Å². The summed E-state index contributed by atoms with van der Waals surface area (Å²) in [4.78, 5) is 39.0. The van der Waals surface area contributed by atoms with Crippen molar-refractivity contribution in [1.82, 2.24) is 0 Å². The fraction of sp³-hybridized carbons (Fsp3) is 0.194. The highest BCUT2D eigenvalue weighted by Gasteiger charge is 2.35. The predicted octanol–water partition coefficient (Wildman–Crippen LogP) is 7.21. The molecule has 2 N–H and O–H groups in total. The second-order valence-corrected chi connectivity index (χ2v) is 12.4. The van der Waals surface area contributed by atoms with E-state index in [-0.39, 0.29) is 12.5 Å². The van der Waals surface area contributed by atoms with Crippen LogP contribution in [0.4, 0.5) is 11.4 Å². The number of anilines is 2.